The topological polar surface area (TPSA) is 58.2 Å². The molecule has 0 aliphatic heterocycles. The first-order valence-corrected chi connectivity index (χ1v) is 11.6. The second kappa shape index (κ2) is 13.8. The highest BCUT2D eigenvalue weighted by Gasteiger charge is 2.24. The molecule has 1 aromatic rings. The molecule has 1 aliphatic rings. The molecule has 1 saturated carbocycles. The van der Waals surface area contributed by atoms with Crippen molar-refractivity contribution in [3.05, 3.63) is 34.3 Å². The molecular formula is C23H37BrN2O2. The first-order chi connectivity index (χ1) is 13.5. The molecule has 5 heteroatoms. The summed E-state index contributed by atoms with van der Waals surface area (Å²) in [6, 6.07) is 7.33. The maximum Gasteiger partial charge on any atom is 0.242 e. The highest BCUT2D eigenvalue weighted by Crippen LogP contribution is 2.31. The molecule has 2 N–H and O–H groups in total. The lowest BCUT2D eigenvalue weighted by Crippen LogP contribution is -2.48. The van der Waals surface area contributed by atoms with E-state index < -0.39 is 6.04 Å². The van der Waals surface area contributed by atoms with Crippen LogP contribution < -0.4 is 10.6 Å². The Morgan fingerprint density at radius 2 is 1.64 bits per heavy atom. The van der Waals surface area contributed by atoms with E-state index in [9.17, 15) is 9.59 Å². The SMILES string of the molecule is CC.CCCC1CCC(CNC(=O)C(Cc2ccc(Br)cc2)NC(C)=O)CC1. The number of nitrogens with one attached hydrogen (secondary N) is 2. The van der Waals surface area contributed by atoms with E-state index in [1.54, 1.807) is 0 Å². The fraction of sp³-hybridized carbons (Fsp3) is 0.652. The van der Waals surface area contributed by atoms with Gasteiger partial charge in [0.2, 0.25) is 11.8 Å². The first-order valence-electron chi connectivity index (χ1n) is 10.8. The number of hydrogen-bond donors (Lipinski definition) is 2. The van der Waals surface area contributed by atoms with Gasteiger partial charge in [0.15, 0.2) is 0 Å². The minimum Gasteiger partial charge on any atom is -0.354 e. The molecule has 2 amide bonds. The van der Waals surface area contributed by atoms with Crippen molar-refractivity contribution in [1.82, 2.24) is 10.6 Å². The largest absolute Gasteiger partial charge is 0.354 e. The summed E-state index contributed by atoms with van der Waals surface area (Å²) in [6.45, 7) is 8.42. The quantitative estimate of drug-likeness (QED) is 0.565. The smallest absolute Gasteiger partial charge is 0.242 e. The normalized spacial score (nSPS) is 19.8. The zero-order valence-corrected chi connectivity index (χ0v) is 19.5. The van der Waals surface area contributed by atoms with E-state index in [1.165, 1.54) is 45.4 Å². The summed E-state index contributed by atoms with van der Waals surface area (Å²) < 4.78 is 1.00. The van der Waals surface area contributed by atoms with Gasteiger partial charge in [-0.05, 0) is 42.4 Å². The van der Waals surface area contributed by atoms with E-state index in [4.69, 9.17) is 0 Å². The van der Waals surface area contributed by atoms with E-state index in [0.717, 1.165) is 16.0 Å². The van der Waals surface area contributed by atoms with Gasteiger partial charge in [0, 0.05) is 24.4 Å². The van der Waals surface area contributed by atoms with E-state index >= 15 is 0 Å². The molecule has 1 fully saturated rings. The maximum absolute atomic E-state index is 12.6. The molecule has 0 radical (unpaired) electrons. The zero-order valence-electron chi connectivity index (χ0n) is 17.9. The second-order valence-corrected chi connectivity index (χ2v) is 8.42. The second-order valence-electron chi connectivity index (χ2n) is 7.50. The van der Waals surface area contributed by atoms with E-state index in [-0.39, 0.29) is 11.8 Å². The fourth-order valence-corrected chi connectivity index (χ4v) is 4.08. The van der Waals surface area contributed by atoms with Crippen LogP contribution in [0.3, 0.4) is 0 Å². The van der Waals surface area contributed by atoms with Crippen molar-refractivity contribution in [3.8, 4) is 0 Å². The highest BCUT2D eigenvalue weighted by atomic mass is 79.9. The van der Waals surface area contributed by atoms with Crippen LogP contribution in [-0.4, -0.2) is 24.4 Å². The molecule has 28 heavy (non-hydrogen) atoms. The maximum atomic E-state index is 12.6. The number of amides is 2. The van der Waals surface area contributed by atoms with Crippen LogP contribution in [0.1, 0.15) is 71.8 Å². The van der Waals surface area contributed by atoms with Crippen molar-refractivity contribution in [2.24, 2.45) is 11.8 Å². The zero-order chi connectivity index (χ0) is 20.9. The van der Waals surface area contributed by atoms with Crippen molar-refractivity contribution in [3.63, 3.8) is 0 Å². The monoisotopic (exact) mass is 452 g/mol. The lowest BCUT2D eigenvalue weighted by molar-refractivity contribution is -0.128. The molecular weight excluding hydrogens is 416 g/mol. The van der Waals surface area contributed by atoms with E-state index in [0.29, 0.717) is 18.9 Å². The molecule has 0 bridgehead atoms. The van der Waals surface area contributed by atoms with Crippen LogP contribution in [0.4, 0.5) is 0 Å². The standard InChI is InChI=1S/C21H31BrN2O2.C2H6/c1-3-4-16-5-7-18(8-6-16)14-23-21(26)20(24-15(2)25)13-17-9-11-19(22)12-10-17;1-2/h9-12,16,18,20H,3-8,13-14H2,1-2H3,(H,23,26)(H,24,25);1-2H3. The minimum absolute atomic E-state index is 0.0844. The van der Waals surface area contributed by atoms with Gasteiger partial charge in [-0.3, -0.25) is 9.59 Å². The molecule has 1 unspecified atom stereocenters. The highest BCUT2D eigenvalue weighted by molar-refractivity contribution is 9.10. The third kappa shape index (κ3) is 9.22. The average Bonchev–Trinajstić information content (AvgIpc) is 2.70. The van der Waals surface area contributed by atoms with Gasteiger partial charge >= 0.3 is 0 Å². The minimum atomic E-state index is -0.523. The molecule has 158 valence electrons. The van der Waals surface area contributed by atoms with Crippen molar-refractivity contribution in [2.75, 3.05) is 6.54 Å². The lowest BCUT2D eigenvalue weighted by Gasteiger charge is -2.29. The van der Waals surface area contributed by atoms with Gasteiger partial charge in [0.25, 0.3) is 0 Å². The van der Waals surface area contributed by atoms with Crippen LogP contribution in [0, 0.1) is 11.8 Å². The molecule has 4 nitrogen and oxygen atoms in total. The summed E-state index contributed by atoms with van der Waals surface area (Å²) in [7, 11) is 0. The molecule has 0 spiro atoms. The number of rotatable bonds is 8. The van der Waals surface area contributed by atoms with Gasteiger partial charge < -0.3 is 10.6 Å². The first kappa shape index (κ1) is 24.7. The third-order valence-corrected chi connectivity index (χ3v) is 5.80. The number of carbonyl (C=O) groups is 2. The fourth-order valence-electron chi connectivity index (χ4n) is 3.81. The van der Waals surface area contributed by atoms with E-state index in [2.05, 4.69) is 33.5 Å². The van der Waals surface area contributed by atoms with Crippen molar-refractivity contribution >= 4 is 27.7 Å². The molecule has 1 aliphatic carbocycles. The van der Waals surface area contributed by atoms with Crippen LogP contribution in [0.2, 0.25) is 0 Å². The Morgan fingerprint density at radius 3 is 2.18 bits per heavy atom. The van der Waals surface area contributed by atoms with Gasteiger partial charge in [-0.25, -0.2) is 0 Å². The predicted octanol–water partition coefficient (Wildman–Crippen LogP) is 5.25. The molecule has 0 aromatic heterocycles. The Morgan fingerprint density at radius 1 is 1.07 bits per heavy atom. The average molecular weight is 453 g/mol. The number of carbonyl (C=O) groups excluding carboxylic acids is 2. The van der Waals surface area contributed by atoms with Crippen LogP contribution in [0.5, 0.6) is 0 Å². The van der Waals surface area contributed by atoms with Gasteiger partial charge in [0.05, 0.1) is 0 Å². The Bertz CT molecular complexity index is 581. The molecule has 2 rings (SSSR count). The predicted molar refractivity (Wildman–Crippen MR) is 120 cm³/mol. The number of benzene rings is 1. The van der Waals surface area contributed by atoms with Gasteiger partial charge in [0.1, 0.15) is 6.04 Å². The number of hydrogen-bond acceptors (Lipinski definition) is 2. The molecule has 1 aromatic carbocycles. The Kier molecular flexibility index (Phi) is 12.1. The Hall–Kier alpha value is -1.36. The van der Waals surface area contributed by atoms with Gasteiger partial charge in [-0.2, -0.15) is 0 Å². The van der Waals surface area contributed by atoms with Crippen LogP contribution in [-0.2, 0) is 16.0 Å². The van der Waals surface area contributed by atoms with Gasteiger partial charge in [-0.1, -0.05) is 74.5 Å². The Labute approximate surface area is 179 Å². The van der Waals surface area contributed by atoms with Gasteiger partial charge in [-0.15, -0.1) is 0 Å². The third-order valence-electron chi connectivity index (χ3n) is 5.28. The van der Waals surface area contributed by atoms with Crippen LogP contribution >= 0.6 is 15.9 Å². The summed E-state index contributed by atoms with van der Waals surface area (Å²) in [4.78, 5) is 24.1. The van der Waals surface area contributed by atoms with Crippen molar-refractivity contribution in [2.45, 2.75) is 78.7 Å². The Balaban J connectivity index is 0.00000190. The van der Waals surface area contributed by atoms with Crippen LogP contribution in [0.25, 0.3) is 0 Å². The summed E-state index contributed by atoms with van der Waals surface area (Å²) in [5.74, 6) is 1.18. The van der Waals surface area contributed by atoms with E-state index in [1.807, 2.05) is 38.1 Å². The van der Waals surface area contributed by atoms with Crippen LogP contribution in [0.15, 0.2) is 28.7 Å². The summed E-state index contributed by atoms with van der Waals surface area (Å²) in [6.07, 6.45) is 8.05. The lowest BCUT2D eigenvalue weighted by atomic mass is 9.80. The summed E-state index contributed by atoms with van der Waals surface area (Å²) >= 11 is 3.41. The summed E-state index contributed by atoms with van der Waals surface area (Å²) in [5, 5.41) is 5.86. The molecule has 0 heterocycles. The van der Waals surface area contributed by atoms with Crippen molar-refractivity contribution < 1.29 is 9.59 Å². The molecule has 0 saturated heterocycles. The summed E-state index contributed by atoms with van der Waals surface area (Å²) in [5.41, 5.74) is 1.03. The molecule has 1 atom stereocenters. The van der Waals surface area contributed by atoms with Crippen molar-refractivity contribution in [1.29, 1.82) is 0 Å². The number of halogens is 1.